The zero-order chi connectivity index (χ0) is 27.6. The van der Waals surface area contributed by atoms with Crippen LogP contribution in [0.4, 0.5) is 0 Å². The van der Waals surface area contributed by atoms with Crippen LogP contribution in [0, 0.1) is 17.8 Å². The average Bonchev–Trinajstić information content (AvgIpc) is 2.76. The molecule has 2 heterocycles. The number of esters is 1. The van der Waals surface area contributed by atoms with E-state index in [9.17, 15) is 19.2 Å². The van der Waals surface area contributed by atoms with Crippen LogP contribution >= 0.6 is 0 Å². The van der Waals surface area contributed by atoms with Gasteiger partial charge in [-0.3, -0.25) is 19.7 Å². The number of ketones is 1. The Hall–Kier alpha value is -2.58. The molecule has 0 unspecified atom stereocenters. The summed E-state index contributed by atoms with van der Waals surface area (Å²) in [6, 6.07) is 0. The Bertz CT molecular complexity index is 942. The molecule has 7 nitrogen and oxygen atoms in total. The van der Waals surface area contributed by atoms with Crippen LogP contribution in [0.15, 0.2) is 48.1 Å². The quantitative estimate of drug-likeness (QED) is 0.191. The first-order valence-corrected chi connectivity index (χ1v) is 16.7. The minimum Gasteiger partial charge on any atom is -0.454 e. The highest BCUT2D eigenvalue weighted by atomic mass is 28.4. The van der Waals surface area contributed by atoms with Crippen molar-refractivity contribution < 1.29 is 28.3 Å². The molecule has 0 aromatic carbocycles. The first-order chi connectivity index (χ1) is 17.3. The van der Waals surface area contributed by atoms with E-state index in [1.54, 1.807) is 0 Å². The van der Waals surface area contributed by atoms with Crippen molar-refractivity contribution in [1.82, 2.24) is 5.32 Å². The van der Waals surface area contributed by atoms with Crippen LogP contribution in [0.3, 0.4) is 0 Å². The van der Waals surface area contributed by atoms with E-state index in [-0.39, 0.29) is 54.8 Å². The second-order valence-corrected chi connectivity index (χ2v) is 15.7. The highest BCUT2D eigenvalue weighted by molar-refractivity contribution is 6.69. The van der Waals surface area contributed by atoms with E-state index < -0.39 is 26.3 Å². The molecule has 2 aliphatic heterocycles. The molecule has 0 saturated carbocycles. The maximum Gasteiger partial charge on any atom is 0.331 e. The van der Waals surface area contributed by atoms with Crippen molar-refractivity contribution in [3.05, 3.63) is 48.1 Å². The molecule has 1 N–H and O–H groups in total. The molecule has 1 saturated heterocycles. The first kappa shape index (κ1) is 30.6. The summed E-state index contributed by atoms with van der Waals surface area (Å²) in [5, 5.41) is 2.34. The molecule has 2 rings (SSSR count). The zero-order valence-electron chi connectivity index (χ0n) is 23.1. The largest absolute Gasteiger partial charge is 0.454 e. The molecule has 2 amide bonds. The molecule has 2 aliphatic rings. The summed E-state index contributed by atoms with van der Waals surface area (Å²) in [5.74, 6) is -1.53. The SMILES string of the molecule is C/C(=C\[C@H](C)C(=O)C[C@@H](CC1CC(=O)NC(=O)C1)O[Si](C)(C)C)[C@@H]1OC(=O)/C=C/CC/C=C/C=C\[C@@H]1C. The van der Waals surface area contributed by atoms with Crippen LogP contribution in [0.1, 0.15) is 59.3 Å². The Balaban J connectivity index is 2.15. The van der Waals surface area contributed by atoms with Gasteiger partial charge in [-0.2, -0.15) is 0 Å². The monoisotopic (exact) mass is 529 g/mol. The molecule has 8 heteroatoms. The summed E-state index contributed by atoms with van der Waals surface area (Å²) in [6.45, 7) is 11.9. The highest BCUT2D eigenvalue weighted by Gasteiger charge is 2.32. The van der Waals surface area contributed by atoms with Crippen molar-refractivity contribution in [1.29, 1.82) is 0 Å². The number of ether oxygens (including phenoxy) is 1. The van der Waals surface area contributed by atoms with Gasteiger partial charge in [0.25, 0.3) is 0 Å². The predicted octanol–water partition coefficient (Wildman–Crippen LogP) is 5.20. The molecule has 0 aliphatic carbocycles. The topological polar surface area (TPSA) is 98.8 Å². The van der Waals surface area contributed by atoms with Gasteiger partial charge in [-0.25, -0.2) is 4.79 Å². The van der Waals surface area contributed by atoms with Crippen LogP contribution in [-0.4, -0.2) is 44.1 Å². The van der Waals surface area contributed by atoms with Gasteiger partial charge in [-0.15, -0.1) is 0 Å². The number of carbonyl (C=O) groups is 4. The van der Waals surface area contributed by atoms with Crippen LogP contribution in [0.25, 0.3) is 0 Å². The third kappa shape index (κ3) is 11.6. The number of hydrogen-bond acceptors (Lipinski definition) is 6. The highest BCUT2D eigenvalue weighted by Crippen LogP contribution is 2.27. The van der Waals surface area contributed by atoms with Gasteiger partial charge in [-0.05, 0) is 57.3 Å². The summed E-state index contributed by atoms with van der Waals surface area (Å²) < 4.78 is 12.1. The van der Waals surface area contributed by atoms with Gasteiger partial charge in [0.15, 0.2) is 8.32 Å². The fourth-order valence-corrected chi connectivity index (χ4v) is 5.90. The number of nitrogens with one attached hydrogen (secondary N) is 1. The molecule has 0 aromatic rings. The standard InChI is InChI=1S/C29H43NO6Si/c1-20-13-11-9-7-8-10-12-14-28(34)35-29(20)22(3)15-21(2)25(31)19-24(36-37(4,5)6)16-23-17-26(32)30-27(33)18-23/h7,9,11-15,20-21,23-24,29H,8,10,16-19H2,1-6H3,(H,30,32,33)/b9-7+,13-11-,14-12+,22-15+/t20-,21-,24+,29+/m0/s1. The maximum absolute atomic E-state index is 13.3. The average molecular weight is 530 g/mol. The van der Waals surface area contributed by atoms with Crippen molar-refractivity contribution in [2.75, 3.05) is 0 Å². The van der Waals surface area contributed by atoms with Crippen molar-refractivity contribution in [3.8, 4) is 0 Å². The van der Waals surface area contributed by atoms with Gasteiger partial charge in [0.2, 0.25) is 11.8 Å². The molecule has 0 bridgehead atoms. The summed E-state index contributed by atoms with van der Waals surface area (Å²) >= 11 is 0. The number of Topliss-reactive ketones (excluding diaryl/α,β-unsaturated/α-hetero) is 1. The van der Waals surface area contributed by atoms with Crippen molar-refractivity contribution in [2.45, 2.75) is 91.1 Å². The Morgan fingerprint density at radius 2 is 1.78 bits per heavy atom. The van der Waals surface area contributed by atoms with Crippen LogP contribution in [0.5, 0.6) is 0 Å². The van der Waals surface area contributed by atoms with E-state index >= 15 is 0 Å². The van der Waals surface area contributed by atoms with E-state index in [1.807, 2.05) is 51.2 Å². The lowest BCUT2D eigenvalue weighted by Crippen LogP contribution is -2.41. The summed E-state index contributed by atoms with van der Waals surface area (Å²) in [5.41, 5.74) is 0.818. The van der Waals surface area contributed by atoms with E-state index in [2.05, 4.69) is 31.0 Å². The predicted molar refractivity (Wildman–Crippen MR) is 147 cm³/mol. The van der Waals surface area contributed by atoms with Gasteiger partial charge < -0.3 is 9.16 Å². The van der Waals surface area contributed by atoms with Crippen LogP contribution in [-0.2, 0) is 28.3 Å². The first-order valence-electron chi connectivity index (χ1n) is 13.3. The second kappa shape index (κ2) is 14.4. The molecule has 204 valence electrons. The molecule has 1 fully saturated rings. The lowest BCUT2D eigenvalue weighted by molar-refractivity contribution is -0.142. The molecule has 4 atom stereocenters. The number of carbonyl (C=O) groups excluding carboxylic acids is 4. The number of allylic oxidation sites excluding steroid dienone is 5. The van der Waals surface area contributed by atoms with Crippen molar-refractivity contribution >= 4 is 31.9 Å². The molecule has 0 aromatic heterocycles. The number of hydrogen-bond donors (Lipinski definition) is 1. The van der Waals surface area contributed by atoms with E-state index in [1.165, 1.54) is 6.08 Å². The number of cyclic esters (lactones) is 1. The Kier molecular flexibility index (Phi) is 11.9. The lowest BCUT2D eigenvalue weighted by atomic mass is 9.87. The molecular formula is C29H43NO6Si. The minimum absolute atomic E-state index is 0.0136. The molecule has 37 heavy (non-hydrogen) atoms. The Morgan fingerprint density at radius 3 is 2.43 bits per heavy atom. The zero-order valence-corrected chi connectivity index (χ0v) is 24.1. The van der Waals surface area contributed by atoms with E-state index in [0.717, 1.165) is 18.4 Å². The fourth-order valence-electron chi connectivity index (χ4n) is 4.72. The third-order valence-corrected chi connectivity index (χ3v) is 7.42. The summed E-state index contributed by atoms with van der Waals surface area (Å²) in [4.78, 5) is 49.3. The van der Waals surface area contributed by atoms with Crippen LogP contribution in [0.2, 0.25) is 19.6 Å². The summed E-state index contributed by atoms with van der Waals surface area (Å²) in [7, 11) is -1.97. The van der Waals surface area contributed by atoms with Gasteiger partial charge in [0.05, 0.1) is 6.10 Å². The van der Waals surface area contributed by atoms with Gasteiger partial charge in [0.1, 0.15) is 11.9 Å². The number of amides is 2. The van der Waals surface area contributed by atoms with Gasteiger partial charge >= 0.3 is 5.97 Å². The number of rotatable bonds is 9. The second-order valence-electron chi connectivity index (χ2n) is 11.2. The number of imide groups is 1. The lowest BCUT2D eigenvalue weighted by Gasteiger charge is -2.30. The molecule has 0 radical (unpaired) electrons. The Morgan fingerprint density at radius 1 is 1.14 bits per heavy atom. The van der Waals surface area contributed by atoms with Crippen molar-refractivity contribution in [2.24, 2.45) is 17.8 Å². The Labute approximate surface area is 222 Å². The molecular weight excluding hydrogens is 486 g/mol. The third-order valence-electron chi connectivity index (χ3n) is 6.38. The molecule has 0 spiro atoms. The number of piperidine rings is 1. The van der Waals surface area contributed by atoms with E-state index in [4.69, 9.17) is 9.16 Å². The minimum atomic E-state index is -1.97. The van der Waals surface area contributed by atoms with E-state index in [0.29, 0.717) is 6.42 Å². The fraction of sp³-hybridized carbons (Fsp3) is 0.586. The van der Waals surface area contributed by atoms with Gasteiger partial charge in [-0.1, -0.05) is 50.3 Å². The maximum atomic E-state index is 13.3. The summed E-state index contributed by atoms with van der Waals surface area (Å²) in [6.07, 6.45) is 15.2. The van der Waals surface area contributed by atoms with Crippen molar-refractivity contribution in [3.63, 3.8) is 0 Å². The van der Waals surface area contributed by atoms with Crippen LogP contribution < -0.4 is 5.32 Å². The smallest absolute Gasteiger partial charge is 0.331 e. The van der Waals surface area contributed by atoms with Gasteiger partial charge in [0, 0.05) is 37.2 Å². The normalized spacial score (nSPS) is 26.6.